The number of hydrogen-bond donors (Lipinski definition) is 3. The molecule has 0 aliphatic heterocycles. The average Bonchev–Trinajstić information content (AvgIpc) is 2.53. The molecule has 0 aliphatic rings. The third-order valence-corrected chi connectivity index (χ3v) is 3.96. The fourth-order valence-electron chi connectivity index (χ4n) is 2.44. The Kier molecular flexibility index (Phi) is 5.62. The fourth-order valence-corrected chi connectivity index (χ4v) is 2.44. The molecule has 0 fully saturated rings. The number of aromatic hydroxyl groups is 1. The van der Waals surface area contributed by atoms with Crippen LogP contribution in [0.2, 0.25) is 0 Å². The van der Waals surface area contributed by atoms with E-state index in [2.05, 4.69) is 5.32 Å². The van der Waals surface area contributed by atoms with Crippen molar-refractivity contribution in [2.45, 2.75) is 45.3 Å². The number of rotatable bonds is 6. The Bertz CT molecular complexity index is 687. The number of phenolic OH excluding ortho intramolecular Hbond substituents is 1. The van der Waals surface area contributed by atoms with Crippen LogP contribution < -0.4 is 5.32 Å². The van der Waals surface area contributed by atoms with E-state index in [1.165, 1.54) is 0 Å². The normalized spacial score (nSPS) is 12.7. The smallest absolute Gasteiger partial charge is 0.251 e. The van der Waals surface area contributed by atoms with Gasteiger partial charge in [-0.1, -0.05) is 24.3 Å². The van der Waals surface area contributed by atoms with Crippen LogP contribution in [-0.4, -0.2) is 21.7 Å². The Balaban J connectivity index is 2.02. The van der Waals surface area contributed by atoms with Crippen LogP contribution in [0.15, 0.2) is 48.5 Å². The van der Waals surface area contributed by atoms with Crippen molar-refractivity contribution in [1.82, 2.24) is 5.32 Å². The van der Waals surface area contributed by atoms with Gasteiger partial charge in [0.1, 0.15) is 5.75 Å². The van der Waals surface area contributed by atoms with Gasteiger partial charge in [-0.25, -0.2) is 0 Å². The number of phenols is 1. The first-order chi connectivity index (χ1) is 11.2. The van der Waals surface area contributed by atoms with Gasteiger partial charge in [0.15, 0.2) is 0 Å². The maximum atomic E-state index is 12.4. The molecule has 2 aromatic carbocycles. The topological polar surface area (TPSA) is 69.6 Å². The number of hydrogen-bond acceptors (Lipinski definition) is 3. The van der Waals surface area contributed by atoms with Gasteiger partial charge in [0.25, 0.3) is 5.91 Å². The maximum absolute atomic E-state index is 12.4. The van der Waals surface area contributed by atoms with E-state index in [4.69, 9.17) is 0 Å². The van der Waals surface area contributed by atoms with Crippen molar-refractivity contribution in [2.75, 3.05) is 0 Å². The van der Waals surface area contributed by atoms with Crippen LogP contribution in [0.1, 0.15) is 54.7 Å². The summed E-state index contributed by atoms with van der Waals surface area (Å²) in [4.78, 5) is 12.4. The predicted molar refractivity (Wildman–Crippen MR) is 95.0 cm³/mol. The number of benzene rings is 2. The second kappa shape index (κ2) is 7.49. The minimum absolute atomic E-state index is 0.138. The van der Waals surface area contributed by atoms with Gasteiger partial charge in [0, 0.05) is 5.56 Å². The lowest BCUT2D eigenvalue weighted by Crippen LogP contribution is -2.26. The summed E-state index contributed by atoms with van der Waals surface area (Å²) in [5.41, 5.74) is 1.85. The number of carbonyl (C=O) groups excluding carboxylic acids is 1. The van der Waals surface area contributed by atoms with Crippen molar-refractivity contribution in [2.24, 2.45) is 0 Å². The lowest BCUT2D eigenvalue weighted by molar-refractivity contribution is 0.0714. The van der Waals surface area contributed by atoms with Gasteiger partial charge in [-0.3, -0.25) is 4.79 Å². The summed E-state index contributed by atoms with van der Waals surface area (Å²) in [6, 6.07) is 14.1. The zero-order chi connectivity index (χ0) is 17.7. The van der Waals surface area contributed by atoms with Crippen LogP contribution in [0, 0.1) is 0 Å². The molecule has 2 rings (SSSR count). The Morgan fingerprint density at radius 3 is 2.46 bits per heavy atom. The second-order valence-corrected chi connectivity index (χ2v) is 6.80. The second-order valence-electron chi connectivity index (χ2n) is 6.80. The number of carbonyl (C=O) groups is 1. The Morgan fingerprint density at radius 1 is 1.17 bits per heavy atom. The Morgan fingerprint density at radius 2 is 1.83 bits per heavy atom. The number of aryl methyl sites for hydroxylation is 1. The lowest BCUT2D eigenvalue weighted by atomic mass is 9.97. The molecule has 0 aromatic heterocycles. The standard InChI is InChI=1S/C20H25NO3/c1-14(16-7-9-18(22)10-8-16)21-19(23)17-6-4-5-15(13-17)11-12-20(2,3)24/h4-10,13-14,22,24H,11-12H2,1-3H3,(H,21,23)/t14-/m1/s1. The molecule has 4 heteroatoms. The minimum atomic E-state index is -0.717. The Hall–Kier alpha value is -2.33. The molecule has 1 amide bonds. The average molecular weight is 327 g/mol. The van der Waals surface area contributed by atoms with Crippen LogP contribution in [0.25, 0.3) is 0 Å². The summed E-state index contributed by atoms with van der Waals surface area (Å²) in [5.74, 6) is 0.0671. The van der Waals surface area contributed by atoms with E-state index >= 15 is 0 Å². The highest BCUT2D eigenvalue weighted by Crippen LogP contribution is 2.18. The SMILES string of the molecule is C[C@@H](NC(=O)c1cccc(CCC(C)(C)O)c1)c1ccc(O)cc1. The molecule has 0 saturated heterocycles. The predicted octanol–water partition coefficient (Wildman–Crippen LogP) is 3.59. The summed E-state index contributed by atoms with van der Waals surface area (Å²) in [6.45, 7) is 5.47. The van der Waals surface area contributed by atoms with Crippen LogP contribution in [0.3, 0.4) is 0 Å². The molecule has 0 heterocycles. The summed E-state index contributed by atoms with van der Waals surface area (Å²) in [5, 5.41) is 22.1. The van der Waals surface area contributed by atoms with E-state index in [9.17, 15) is 15.0 Å². The number of aliphatic hydroxyl groups is 1. The van der Waals surface area contributed by atoms with Crippen molar-refractivity contribution >= 4 is 5.91 Å². The van der Waals surface area contributed by atoms with E-state index in [0.29, 0.717) is 12.0 Å². The molecule has 0 spiro atoms. The van der Waals surface area contributed by atoms with Gasteiger partial charge in [-0.15, -0.1) is 0 Å². The fraction of sp³-hybridized carbons (Fsp3) is 0.350. The molecule has 0 aliphatic carbocycles. The third-order valence-electron chi connectivity index (χ3n) is 3.96. The zero-order valence-corrected chi connectivity index (χ0v) is 14.4. The minimum Gasteiger partial charge on any atom is -0.508 e. The van der Waals surface area contributed by atoms with Crippen LogP contribution in [0.4, 0.5) is 0 Å². The first kappa shape index (κ1) is 18.0. The summed E-state index contributed by atoms with van der Waals surface area (Å²) < 4.78 is 0. The van der Waals surface area contributed by atoms with E-state index in [0.717, 1.165) is 17.5 Å². The highest BCUT2D eigenvalue weighted by molar-refractivity contribution is 5.94. The van der Waals surface area contributed by atoms with Crippen LogP contribution in [0.5, 0.6) is 5.75 Å². The van der Waals surface area contributed by atoms with E-state index < -0.39 is 5.60 Å². The molecule has 0 saturated carbocycles. The first-order valence-corrected chi connectivity index (χ1v) is 8.16. The van der Waals surface area contributed by atoms with Gasteiger partial charge in [-0.2, -0.15) is 0 Å². The molecule has 0 unspecified atom stereocenters. The van der Waals surface area contributed by atoms with E-state index in [1.807, 2.05) is 25.1 Å². The molecule has 4 nitrogen and oxygen atoms in total. The van der Waals surface area contributed by atoms with Crippen molar-refractivity contribution in [3.63, 3.8) is 0 Å². The highest BCUT2D eigenvalue weighted by Gasteiger charge is 2.14. The molecule has 0 radical (unpaired) electrons. The molecule has 24 heavy (non-hydrogen) atoms. The van der Waals surface area contributed by atoms with Crippen LogP contribution in [-0.2, 0) is 6.42 Å². The maximum Gasteiger partial charge on any atom is 0.251 e. The van der Waals surface area contributed by atoms with Gasteiger partial charge in [0.05, 0.1) is 11.6 Å². The first-order valence-electron chi connectivity index (χ1n) is 8.16. The highest BCUT2D eigenvalue weighted by atomic mass is 16.3. The lowest BCUT2D eigenvalue weighted by Gasteiger charge is -2.17. The molecular formula is C20H25NO3. The van der Waals surface area contributed by atoms with Gasteiger partial charge < -0.3 is 15.5 Å². The van der Waals surface area contributed by atoms with Crippen molar-refractivity contribution in [3.05, 3.63) is 65.2 Å². The molecule has 2 aromatic rings. The largest absolute Gasteiger partial charge is 0.508 e. The van der Waals surface area contributed by atoms with Crippen molar-refractivity contribution in [3.8, 4) is 5.75 Å². The summed E-state index contributed by atoms with van der Waals surface area (Å²) >= 11 is 0. The van der Waals surface area contributed by atoms with Crippen molar-refractivity contribution < 1.29 is 15.0 Å². The number of nitrogens with one attached hydrogen (secondary N) is 1. The van der Waals surface area contributed by atoms with E-state index in [1.54, 1.807) is 44.2 Å². The molecule has 1 atom stereocenters. The van der Waals surface area contributed by atoms with Gasteiger partial charge >= 0.3 is 0 Å². The molecule has 0 bridgehead atoms. The van der Waals surface area contributed by atoms with Crippen molar-refractivity contribution in [1.29, 1.82) is 0 Å². The Labute approximate surface area is 143 Å². The quantitative estimate of drug-likeness (QED) is 0.759. The molecular weight excluding hydrogens is 302 g/mol. The number of amides is 1. The third kappa shape index (κ3) is 5.39. The van der Waals surface area contributed by atoms with E-state index in [-0.39, 0.29) is 17.7 Å². The van der Waals surface area contributed by atoms with Gasteiger partial charge in [0.2, 0.25) is 0 Å². The zero-order valence-electron chi connectivity index (χ0n) is 14.4. The molecule has 3 N–H and O–H groups in total. The summed E-state index contributed by atoms with van der Waals surface area (Å²) in [7, 11) is 0. The summed E-state index contributed by atoms with van der Waals surface area (Å²) in [6.07, 6.45) is 1.36. The van der Waals surface area contributed by atoms with Crippen LogP contribution >= 0.6 is 0 Å². The molecule has 128 valence electrons. The monoisotopic (exact) mass is 327 g/mol. The van der Waals surface area contributed by atoms with Gasteiger partial charge in [-0.05, 0) is 69.0 Å².